The number of nitro benzene ring substituents is 1. The van der Waals surface area contributed by atoms with E-state index in [1.165, 1.54) is 12.1 Å². The Morgan fingerprint density at radius 1 is 1.47 bits per heavy atom. The molecule has 8 heteroatoms. The van der Waals surface area contributed by atoms with Crippen molar-refractivity contribution in [3.8, 4) is 0 Å². The maximum Gasteiger partial charge on any atom is 0.270 e. The summed E-state index contributed by atoms with van der Waals surface area (Å²) in [6.07, 6.45) is 0. The van der Waals surface area contributed by atoms with E-state index in [1.807, 2.05) is 0 Å². The van der Waals surface area contributed by atoms with Gasteiger partial charge in [-0.15, -0.1) is 0 Å². The molecule has 1 unspecified atom stereocenters. The Hall–Kier alpha value is -1.96. The summed E-state index contributed by atoms with van der Waals surface area (Å²) in [6, 6.07) is 4.48. The molecule has 17 heavy (non-hydrogen) atoms. The fraction of sp³-hybridized carbons (Fsp3) is 0.222. The van der Waals surface area contributed by atoms with Crippen LogP contribution in [0.25, 0.3) is 0 Å². The van der Waals surface area contributed by atoms with Gasteiger partial charge in [0, 0.05) is 12.1 Å². The topological polar surface area (TPSA) is 120 Å². The molecule has 0 aliphatic heterocycles. The normalized spacial score (nSPS) is 13.0. The lowest BCUT2D eigenvalue weighted by molar-refractivity contribution is -0.385. The van der Waals surface area contributed by atoms with Crippen LogP contribution in [0, 0.1) is 10.1 Å². The van der Waals surface area contributed by atoms with Crippen molar-refractivity contribution in [2.45, 2.75) is 17.1 Å². The number of primary amides is 1. The third-order valence-corrected chi connectivity index (χ3v) is 4.30. The summed E-state index contributed by atoms with van der Waals surface area (Å²) >= 11 is 0. The second-order valence-electron chi connectivity index (χ2n) is 3.34. The van der Waals surface area contributed by atoms with Crippen LogP contribution in [0.5, 0.6) is 0 Å². The predicted molar refractivity (Wildman–Crippen MR) is 58.9 cm³/mol. The van der Waals surface area contributed by atoms with Crippen molar-refractivity contribution in [3.63, 3.8) is 0 Å². The molecule has 1 aromatic carbocycles. The fourth-order valence-corrected chi connectivity index (χ4v) is 2.40. The lowest BCUT2D eigenvalue weighted by Crippen LogP contribution is -2.33. The number of rotatable bonds is 4. The SMILES string of the molecule is CC(C(N)=O)S(=O)(=O)c1cccc([N+](=O)[O-])c1. The summed E-state index contributed by atoms with van der Waals surface area (Å²) in [5.41, 5.74) is 4.55. The zero-order chi connectivity index (χ0) is 13.2. The summed E-state index contributed by atoms with van der Waals surface area (Å²) in [4.78, 5) is 20.3. The molecule has 0 radical (unpaired) electrons. The number of nitro groups is 1. The van der Waals surface area contributed by atoms with Gasteiger partial charge in [0.15, 0.2) is 9.84 Å². The Morgan fingerprint density at radius 3 is 2.53 bits per heavy atom. The number of nitrogens with zero attached hydrogens (tertiary/aromatic N) is 1. The number of nitrogens with two attached hydrogens (primary N) is 1. The molecule has 7 nitrogen and oxygen atoms in total. The van der Waals surface area contributed by atoms with Crippen molar-refractivity contribution < 1.29 is 18.1 Å². The summed E-state index contributed by atoms with van der Waals surface area (Å²) in [5, 5.41) is 9.08. The molecule has 0 bridgehead atoms. The zero-order valence-corrected chi connectivity index (χ0v) is 9.68. The quantitative estimate of drug-likeness (QED) is 0.612. The van der Waals surface area contributed by atoms with Crippen molar-refractivity contribution >= 4 is 21.4 Å². The highest BCUT2D eigenvalue weighted by Gasteiger charge is 2.28. The van der Waals surface area contributed by atoms with E-state index in [0.717, 1.165) is 19.1 Å². The average Bonchev–Trinajstić information content (AvgIpc) is 2.28. The second-order valence-corrected chi connectivity index (χ2v) is 5.61. The summed E-state index contributed by atoms with van der Waals surface area (Å²) in [7, 11) is -3.97. The van der Waals surface area contributed by atoms with Crippen molar-refractivity contribution in [1.29, 1.82) is 0 Å². The van der Waals surface area contributed by atoms with Crippen molar-refractivity contribution in [3.05, 3.63) is 34.4 Å². The van der Waals surface area contributed by atoms with E-state index in [2.05, 4.69) is 0 Å². The third-order valence-electron chi connectivity index (χ3n) is 2.22. The van der Waals surface area contributed by atoms with Crippen LogP contribution in [0.2, 0.25) is 0 Å². The molecule has 2 N–H and O–H groups in total. The number of carbonyl (C=O) groups excluding carboxylic acids is 1. The van der Waals surface area contributed by atoms with Gasteiger partial charge in [0.2, 0.25) is 5.91 Å². The smallest absolute Gasteiger partial charge is 0.270 e. The van der Waals surface area contributed by atoms with Gasteiger partial charge in [-0.05, 0) is 13.0 Å². The van der Waals surface area contributed by atoms with E-state index in [1.54, 1.807) is 0 Å². The molecule has 0 saturated carbocycles. The molecule has 0 aliphatic rings. The molecular weight excluding hydrogens is 248 g/mol. The van der Waals surface area contributed by atoms with Crippen LogP contribution in [0.15, 0.2) is 29.2 Å². The maximum absolute atomic E-state index is 11.8. The van der Waals surface area contributed by atoms with Gasteiger partial charge in [-0.25, -0.2) is 8.42 Å². The van der Waals surface area contributed by atoms with Crippen LogP contribution in [-0.2, 0) is 14.6 Å². The van der Waals surface area contributed by atoms with Gasteiger partial charge in [-0.3, -0.25) is 14.9 Å². The summed E-state index contributed by atoms with van der Waals surface area (Å²) < 4.78 is 23.6. The van der Waals surface area contributed by atoms with Crippen LogP contribution in [0.4, 0.5) is 5.69 Å². The van der Waals surface area contributed by atoms with Gasteiger partial charge in [-0.2, -0.15) is 0 Å². The predicted octanol–water partition coefficient (Wildman–Crippen LogP) is 0.242. The Kier molecular flexibility index (Phi) is 3.47. The van der Waals surface area contributed by atoms with Crippen LogP contribution < -0.4 is 5.73 Å². The monoisotopic (exact) mass is 258 g/mol. The number of hydrogen-bond donors (Lipinski definition) is 1. The molecule has 92 valence electrons. The Labute approximate surface area is 97.3 Å². The van der Waals surface area contributed by atoms with Gasteiger partial charge < -0.3 is 5.73 Å². The molecule has 0 spiro atoms. The molecular formula is C9H10N2O5S. The lowest BCUT2D eigenvalue weighted by atomic mass is 10.3. The minimum Gasteiger partial charge on any atom is -0.369 e. The highest BCUT2D eigenvalue weighted by atomic mass is 32.2. The molecule has 1 aromatic rings. The number of benzene rings is 1. The van der Waals surface area contributed by atoms with E-state index in [4.69, 9.17) is 5.73 Å². The molecule has 0 fully saturated rings. The number of non-ortho nitro benzene ring substituents is 1. The van der Waals surface area contributed by atoms with Crippen LogP contribution in [0.1, 0.15) is 6.92 Å². The largest absolute Gasteiger partial charge is 0.369 e. The van der Waals surface area contributed by atoms with E-state index in [0.29, 0.717) is 0 Å². The zero-order valence-electron chi connectivity index (χ0n) is 8.86. The first-order chi connectivity index (χ1) is 7.76. The second kappa shape index (κ2) is 4.50. The Bertz CT molecular complexity index is 567. The average molecular weight is 258 g/mol. The molecule has 0 heterocycles. The van der Waals surface area contributed by atoms with Gasteiger partial charge in [0.1, 0.15) is 5.25 Å². The van der Waals surface area contributed by atoms with Crippen molar-refractivity contribution in [1.82, 2.24) is 0 Å². The fourth-order valence-electron chi connectivity index (χ4n) is 1.13. The highest BCUT2D eigenvalue weighted by Crippen LogP contribution is 2.20. The molecule has 1 atom stereocenters. The van der Waals surface area contributed by atoms with Crippen LogP contribution >= 0.6 is 0 Å². The number of sulfone groups is 1. The van der Waals surface area contributed by atoms with Gasteiger partial charge in [0.05, 0.1) is 9.82 Å². The minimum absolute atomic E-state index is 0.294. The van der Waals surface area contributed by atoms with Crippen molar-refractivity contribution in [2.75, 3.05) is 0 Å². The van der Waals surface area contributed by atoms with E-state index >= 15 is 0 Å². The number of hydrogen-bond acceptors (Lipinski definition) is 5. The molecule has 0 saturated heterocycles. The molecule has 0 aromatic heterocycles. The van der Waals surface area contributed by atoms with E-state index < -0.39 is 25.9 Å². The van der Waals surface area contributed by atoms with Crippen molar-refractivity contribution in [2.24, 2.45) is 5.73 Å². The van der Waals surface area contributed by atoms with Crippen LogP contribution in [0.3, 0.4) is 0 Å². The van der Waals surface area contributed by atoms with Gasteiger partial charge in [-0.1, -0.05) is 6.07 Å². The summed E-state index contributed by atoms with van der Waals surface area (Å²) in [5.74, 6) is -1.00. The minimum atomic E-state index is -3.97. The molecule has 0 aliphatic carbocycles. The summed E-state index contributed by atoms with van der Waals surface area (Å²) in [6.45, 7) is 1.14. The van der Waals surface area contributed by atoms with Gasteiger partial charge >= 0.3 is 0 Å². The maximum atomic E-state index is 11.8. The molecule has 1 amide bonds. The van der Waals surface area contributed by atoms with E-state index in [9.17, 15) is 23.3 Å². The highest BCUT2D eigenvalue weighted by molar-refractivity contribution is 7.92. The van der Waals surface area contributed by atoms with Crippen LogP contribution in [-0.4, -0.2) is 24.5 Å². The first-order valence-electron chi connectivity index (χ1n) is 4.54. The van der Waals surface area contributed by atoms with E-state index in [-0.39, 0.29) is 10.6 Å². The Morgan fingerprint density at radius 2 is 2.06 bits per heavy atom. The first kappa shape index (κ1) is 13.1. The molecule has 1 rings (SSSR count). The lowest BCUT2D eigenvalue weighted by Gasteiger charge is -2.08. The number of carbonyl (C=O) groups is 1. The van der Waals surface area contributed by atoms with Gasteiger partial charge in [0.25, 0.3) is 5.69 Å². The number of amides is 1. The third kappa shape index (κ3) is 2.59. The standard InChI is InChI=1S/C9H10N2O5S/c1-6(9(10)12)17(15,16)8-4-2-3-7(5-8)11(13)14/h2-6H,1H3,(H2,10,12). The Balaban J connectivity index is 3.30. The first-order valence-corrected chi connectivity index (χ1v) is 6.09.